The average Bonchev–Trinajstić information content (AvgIpc) is 3.65. The van der Waals surface area contributed by atoms with Crippen LogP contribution < -0.4 is 5.32 Å². The normalized spacial score (nSPS) is 18.3. The number of benzene rings is 1. The Hall–Kier alpha value is -2.83. The van der Waals surface area contributed by atoms with Crippen molar-refractivity contribution < 1.29 is 9.53 Å². The van der Waals surface area contributed by atoms with Crippen molar-refractivity contribution >= 4 is 16.8 Å². The molecule has 5 rings (SSSR count). The fourth-order valence-corrected chi connectivity index (χ4v) is 4.18. The van der Waals surface area contributed by atoms with E-state index in [2.05, 4.69) is 21.3 Å². The number of amides is 1. The van der Waals surface area contributed by atoms with Crippen molar-refractivity contribution in [1.82, 2.24) is 20.2 Å². The maximum atomic E-state index is 13.3. The fourth-order valence-electron chi connectivity index (χ4n) is 4.18. The van der Waals surface area contributed by atoms with Crippen molar-refractivity contribution in [2.75, 3.05) is 32.8 Å². The number of ether oxygens (including phenoxy) is 1. The molecule has 3 heterocycles. The molecular formula is C24H26N4O2. The summed E-state index contributed by atoms with van der Waals surface area (Å²) in [6, 6.07) is 14.0. The third kappa shape index (κ3) is 4.06. The van der Waals surface area contributed by atoms with Crippen LogP contribution in [0, 0.1) is 0 Å². The van der Waals surface area contributed by atoms with Gasteiger partial charge in [-0.05, 0) is 36.6 Å². The molecule has 1 N–H and O–H groups in total. The molecule has 2 fully saturated rings. The van der Waals surface area contributed by atoms with Gasteiger partial charge in [0.15, 0.2) is 0 Å². The number of hydrogen-bond acceptors (Lipinski definition) is 5. The molecule has 2 aromatic heterocycles. The first-order valence-electron chi connectivity index (χ1n) is 10.7. The number of hydrogen-bond donors (Lipinski definition) is 1. The summed E-state index contributed by atoms with van der Waals surface area (Å²) >= 11 is 0. The number of fused-ring (bicyclic) bond motifs is 1. The van der Waals surface area contributed by atoms with Crippen LogP contribution in [0.25, 0.3) is 10.9 Å². The number of rotatable bonds is 6. The quantitative estimate of drug-likeness (QED) is 0.685. The number of pyridine rings is 2. The Bertz CT molecular complexity index is 1030. The maximum absolute atomic E-state index is 13.3. The molecule has 1 aromatic carbocycles. The van der Waals surface area contributed by atoms with E-state index in [0.29, 0.717) is 25.7 Å². The molecule has 2 aliphatic rings. The number of para-hydroxylation sites is 1. The maximum Gasteiger partial charge on any atom is 0.252 e. The minimum atomic E-state index is -0.0438. The Morgan fingerprint density at radius 2 is 2.00 bits per heavy atom. The lowest BCUT2D eigenvalue weighted by Gasteiger charge is -2.34. The van der Waals surface area contributed by atoms with Gasteiger partial charge in [0.25, 0.3) is 5.91 Å². The lowest BCUT2D eigenvalue weighted by molar-refractivity contribution is 0.0161. The molecule has 1 aliphatic heterocycles. The summed E-state index contributed by atoms with van der Waals surface area (Å²) in [5.41, 5.74) is 3.76. The summed E-state index contributed by atoms with van der Waals surface area (Å²) in [6.07, 6.45) is 5.99. The topological polar surface area (TPSA) is 67.4 Å². The highest BCUT2D eigenvalue weighted by molar-refractivity contribution is 6.06. The van der Waals surface area contributed by atoms with Crippen molar-refractivity contribution in [2.45, 2.75) is 24.8 Å². The summed E-state index contributed by atoms with van der Waals surface area (Å²) in [7, 11) is 0. The molecule has 1 aliphatic carbocycles. The molecule has 6 heteroatoms. The Kier molecular flexibility index (Phi) is 5.43. The van der Waals surface area contributed by atoms with Crippen LogP contribution >= 0.6 is 0 Å². The van der Waals surface area contributed by atoms with Crippen LogP contribution in [0.2, 0.25) is 0 Å². The minimum Gasteiger partial charge on any atom is -0.379 e. The van der Waals surface area contributed by atoms with Gasteiger partial charge in [-0.15, -0.1) is 0 Å². The molecule has 0 unspecified atom stereocenters. The van der Waals surface area contributed by atoms with Gasteiger partial charge in [0, 0.05) is 49.0 Å². The largest absolute Gasteiger partial charge is 0.379 e. The number of morpholine rings is 1. The summed E-state index contributed by atoms with van der Waals surface area (Å²) in [5.74, 6) is 0.454. The zero-order valence-electron chi connectivity index (χ0n) is 17.0. The van der Waals surface area contributed by atoms with Gasteiger partial charge in [-0.2, -0.15) is 0 Å². The summed E-state index contributed by atoms with van der Waals surface area (Å²) in [4.78, 5) is 24.7. The van der Waals surface area contributed by atoms with Crippen LogP contribution in [-0.2, 0) is 4.74 Å². The average molecular weight is 402 g/mol. The van der Waals surface area contributed by atoms with Crippen molar-refractivity contribution in [2.24, 2.45) is 0 Å². The van der Waals surface area contributed by atoms with Gasteiger partial charge in [0.05, 0.1) is 30.3 Å². The Labute approximate surface area is 176 Å². The first-order valence-corrected chi connectivity index (χ1v) is 10.7. The SMILES string of the molecule is O=C(NC[C@H](c1cccnc1)N1CCOCC1)c1cc(C2CC2)nc2ccccc12. The van der Waals surface area contributed by atoms with Gasteiger partial charge in [0.2, 0.25) is 0 Å². The van der Waals surface area contributed by atoms with Crippen LogP contribution in [0.5, 0.6) is 0 Å². The smallest absolute Gasteiger partial charge is 0.252 e. The zero-order chi connectivity index (χ0) is 20.3. The lowest BCUT2D eigenvalue weighted by atomic mass is 10.0. The first kappa shape index (κ1) is 19.2. The Morgan fingerprint density at radius 1 is 1.17 bits per heavy atom. The zero-order valence-corrected chi connectivity index (χ0v) is 17.0. The van der Waals surface area contributed by atoms with Crippen LogP contribution in [0.3, 0.4) is 0 Å². The van der Waals surface area contributed by atoms with E-state index in [1.54, 1.807) is 6.20 Å². The molecule has 30 heavy (non-hydrogen) atoms. The molecule has 1 atom stereocenters. The van der Waals surface area contributed by atoms with Gasteiger partial charge in [-0.3, -0.25) is 19.7 Å². The third-order valence-corrected chi connectivity index (χ3v) is 5.99. The van der Waals surface area contributed by atoms with E-state index in [4.69, 9.17) is 9.72 Å². The second-order valence-electron chi connectivity index (χ2n) is 8.05. The van der Waals surface area contributed by atoms with E-state index in [-0.39, 0.29) is 11.9 Å². The van der Waals surface area contributed by atoms with E-state index in [1.807, 2.05) is 42.6 Å². The van der Waals surface area contributed by atoms with Gasteiger partial charge >= 0.3 is 0 Å². The molecular weight excluding hydrogens is 376 g/mol. The second kappa shape index (κ2) is 8.50. The van der Waals surface area contributed by atoms with Gasteiger partial charge < -0.3 is 10.1 Å². The number of nitrogens with one attached hydrogen (secondary N) is 1. The minimum absolute atomic E-state index is 0.0438. The van der Waals surface area contributed by atoms with E-state index >= 15 is 0 Å². The van der Waals surface area contributed by atoms with E-state index in [0.717, 1.165) is 53.7 Å². The molecule has 1 saturated carbocycles. The molecule has 154 valence electrons. The van der Waals surface area contributed by atoms with Crippen molar-refractivity contribution in [3.8, 4) is 0 Å². The predicted molar refractivity (Wildman–Crippen MR) is 115 cm³/mol. The van der Waals surface area contributed by atoms with Gasteiger partial charge in [0.1, 0.15) is 0 Å². The monoisotopic (exact) mass is 402 g/mol. The van der Waals surface area contributed by atoms with Crippen LogP contribution in [0.1, 0.15) is 46.4 Å². The number of carbonyl (C=O) groups is 1. The lowest BCUT2D eigenvalue weighted by Crippen LogP contribution is -2.43. The van der Waals surface area contributed by atoms with E-state index in [1.165, 1.54) is 0 Å². The first-order chi connectivity index (χ1) is 14.8. The highest BCUT2D eigenvalue weighted by Crippen LogP contribution is 2.40. The molecule has 0 spiro atoms. The predicted octanol–water partition coefficient (Wildman–Crippen LogP) is 3.31. The molecule has 0 radical (unpaired) electrons. The van der Waals surface area contributed by atoms with Crippen LogP contribution in [0.4, 0.5) is 0 Å². The Morgan fingerprint density at radius 3 is 2.77 bits per heavy atom. The van der Waals surface area contributed by atoms with Crippen molar-refractivity contribution in [1.29, 1.82) is 0 Å². The molecule has 0 bridgehead atoms. The standard InChI is InChI=1S/C24H26N4O2/c29-24(20-14-22(17-7-8-17)27-21-6-2-1-5-19(20)21)26-16-23(18-4-3-9-25-15-18)28-10-12-30-13-11-28/h1-6,9,14-15,17,23H,7-8,10-13,16H2,(H,26,29)/t23-/m1/s1. The number of aromatic nitrogens is 2. The molecule has 1 saturated heterocycles. The van der Waals surface area contributed by atoms with Crippen LogP contribution in [0.15, 0.2) is 54.9 Å². The highest BCUT2D eigenvalue weighted by atomic mass is 16.5. The second-order valence-corrected chi connectivity index (χ2v) is 8.05. The highest BCUT2D eigenvalue weighted by Gasteiger charge is 2.28. The van der Waals surface area contributed by atoms with Crippen LogP contribution in [-0.4, -0.2) is 53.6 Å². The van der Waals surface area contributed by atoms with E-state index in [9.17, 15) is 4.79 Å². The molecule has 3 aromatic rings. The number of nitrogens with zero attached hydrogens (tertiary/aromatic N) is 3. The number of carbonyl (C=O) groups excluding carboxylic acids is 1. The van der Waals surface area contributed by atoms with Gasteiger partial charge in [-0.1, -0.05) is 24.3 Å². The summed E-state index contributed by atoms with van der Waals surface area (Å²) < 4.78 is 5.52. The Balaban J connectivity index is 1.40. The summed E-state index contributed by atoms with van der Waals surface area (Å²) in [5, 5.41) is 4.10. The van der Waals surface area contributed by atoms with Crippen molar-refractivity contribution in [3.05, 3.63) is 71.7 Å². The summed E-state index contributed by atoms with van der Waals surface area (Å²) in [6.45, 7) is 3.65. The third-order valence-electron chi connectivity index (χ3n) is 5.99. The fraction of sp³-hybridized carbons (Fsp3) is 0.375. The van der Waals surface area contributed by atoms with Crippen molar-refractivity contribution in [3.63, 3.8) is 0 Å². The molecule has 1 amide bonds. The van der Waals surface area contributed by atoms with Gasteiger partial charge in [-0.25, -0.2) is 0 Å². The van der Waals surface area contributed by atoms with E-state index < -0.39 is 0 Å². The molecule has 6 nitrogen and oxygen atoms in total.